The molecule has 0 unspecified atom stereocenters. The van der Waals surface area contributed by atoms with Gasteiger partial charge in [-0.05, 0) is 36.4 Å². The van der Waals surface area contributed by atoms with E-state index in [1.54, 1.807) is 6.07 Å². The standard InChI is InChI=1S/C16H16N6O2S/c17-16(18)20-12-6-8-14(9-7-12)25(23,24)21-15-10-11-19-22(15)13-4-2-1-3-5-13/h1-11,21H,(H4,17,18,20). The van der Waals surface area contributed by atoms with E-state index in [2.05, 4.69) is 14.8 Å². The molecule has 0 radical (unpaired) electrons. The van der Waals surface area contributed by atoms with Crippen molar-refractivity contribution in [1.82, 2.24) is 9.78 Å². The Morgan fingerprint density at radius 2 is 1.68 bits per heavy atom. The van der Waals surface area contributed by atoms with Crippen molar-refractivity contribution in [3.05, 3.63) is 66.9 Å². The summed E-state index contributed by atoms with van der Waals surface area (Å²) in [5, 5.41) is 4.16. The maximum atomic E-state index is 12.6. The fourth-order valence-corrected chi connectivity index (χ4v) is 3.24. The van der Waals surface area contributed by atoms with Crippen LogP contribution in [0.5, 0.6) is 0 Å². The average molecular weight is 356 g/mol. The summed E-state index contributed by atoms with van der Waals surface area (Å²) in [5.41, 5.74) is 11.8. The lowest BCUT2D eigenvalue weighted by Crippen LogP contribution is -2.21. The largest absolute Gasteiger partial charge is 0.370 e. The van der Waals surface area contributed by atoms with E-state index in [1.807, 2.05) is 30.3 Å². The second-order valence-corrected chi connectivity index (χ2v) is 6.78. The van der Waals surface area contributed by atoms with Gasteiger partial charge in [-0.25, -0.2) is 18.1 Å². The second-order valence-electron chi connectivity index (χ2n) is 5.10. The number of sulfonamides is 1. The minimum absolute atomic E-state index is 0.0860. The maximum absolute atomic E-state index is 12.6. The third-order valence-electron chi connectivity index (χ3n) is 3.29. The molecule has 128 valence electrons. The monoisotopic (exact) mass is 356 g/mol. The van der Waals surface area contributed by atoms with E-state index in [1.165, 1.54) is 35.1 Å². The minimum Gasteiger partial charge on any atom is -0.370 e. The van der Waals surface area contributed by atoms with Gasteiger partial charge in [0.2, 0.25) is 0 Å². The van der Waals surface area contributed by atoms with Crippen LogP contribution in [-0.4, -0.2) is 24.2 Å². The van der Waals surface area contributed by atoms with Crippen molar-refractivity contribution in [3.63, 3.8) is 0 Å². The molecule has 0 atom stereocenters. The van der Waals surface area contributed by atoms with Crippen molar-refractivity contribution in [2.24, 2.45) is 16.5 Å². The number of nitrogens with two attached hydrogens (primary N) is 2. The molecule has 0 spiro atoms. The zero-order valence-electron chi connectivity index (χ0n) is 13.1. The van der Waals surface area contributed by atoms with Crippen LogP contribution < -0.4 is 16.2 Å². The number of aromatic nitrogens is 2. The maximum Gasteiger partial charge on any atom is 0.263 e. The predicted octanol–water partition coefficient (Wildman–Crippen LogP) is 1.58. The van der Waals surface area contributed by atoms with E-state index < -0.39 is 10.0 Å². The fraction of sp³-hybridized carbons (Fsp3) is 0. The first-order valence-corrected chi connectivity index (χ1v) is 8.76. The van der Waals surface area contributed by atoms with Crippen LogP contribution in [0, 0.1) is 0 Å². The van der Waals surface area contributed by atoms with Crippen LogP contribution in [0.2, 0.25) is 0 Å². The first-order chi connectivity index (χ1) is 12.0. The summed E-state index contributed by atoms with van der Waals surface area (Å²) in [5.74, 6) is 0.236. The van der Waals surface area contributed by atoms with E-state index in [-0.39, 0.29) is 10.9 Å². The summed E-state index contributed by atoms with van der Waals surface area (Å²) in [6, 6.07) is 16.7. The van der Waals surface area contributed by atoms with Gasteiger partial charge in [-0.1, -0.05) is 18.2 Å². The third-order valence-corrected chi connectivity index (χ3v) is 4.66. The Balaban J connectivity index is 1.88. The highest BCUT2D eigenvalue weighted by molar-refractivity contribution is 7.92. The number of anilines is 1. The van der Waals surface area contributed by atoms with E-state index in [4.69, 9.17) is 11.5 Å². The molecule has 2 aromatic carbocycles. The quantitative estimate of drug-likeness (QED) is 0.472. The van der Waals surface area contributed by atoms with Gasteiger partial charge in [0.05, 0.1) is 22.5 Å². The molecule has 1 heterocycles. The van der Waals surface area contributed by atoms with Crippen molar-refractivity contribution in [3.8, 4) is 5.69 Å². The highest BCUT2D eigenvalue weighted by Gasteiger charge is 2.17. The molecule has 0 saturated heterocycles. The molecule has 0 aliphatic heterocycles. The highest BCUT2D eigenvalue weighted by atomic mass is 32.2. The van der Waals surface area contributed by atoms with Gasteiger partial charge in [0.15, 0.2) is 5.96 Å². The number of benzene rings is 2. The van der Waals surface area contributed by atoms with E-state index >= 15 is 0 Å². The lowest BCUT2D eigenvalue weighted by atomic mass is 10.3. The Kier molecular flexibility index (Phi) is 4.40. The molecule has 3 aromatic rings. The summed E-state index contributed by atoms with van der Waals surface area (Å²) in [7, 11) is -3.78. The van der Waals surface area contributed by atoms with Gasteiger partial charge in [-0.3, -0.25) is 4.72 Å². The van der Waals surface area contributed by atoms with Crippen LogP contribution in [0.1, 0.15) is 0 Å². The van der Waals surface area contributed by atoms with Crippen molar-refractivity contribution in [2.75, 3.05) is 4.72 Å². The molecular formula is C16H16N6O2S. The average Bonchev–Trinajstić information content (AvgIpc) is 3.03. The Morgan fingerprint density at radius 1 is 1.00 bits per heavy atom. The van der Waals surface area contributed by atoms with Gasteiger partial charge in [0, 0.05) is 6.07 Å². The molecule has 0 aliphatic carbocycles. The van der Waals surface area contributed by atoms with E-state index in [9.17, 15) is 8.42 Å². The van der Waals surface area contributed by atoms with Crippen molar-refractivity contribution < 1.29 is 8.42 Å². The number of hydrogen-bond acceptors (Lipinski definition) is 4. The van der Waals surface area contributed by atoms with Crippen LogP contribution >= 0.6 is 0 Å². The number of guanidine groups is 1. The molecular weight excluding hydrogens is 340 g/mol. The van der Waals surface area contributed by atoms with Crippen LogP contribution in [0.3, 0.4) is 0 Å². The summed E-state index contributed by atoms with van der Waals surface area (Å²) in [6.07, 6.45) is 1.52. The molecule has 25 heavy (non-hydrogen) atoms. The van der Waals surface area contributed by atoms with Crippen LogP contribution in [0.4, 0.5) is 11.5 Å². The molecule has 0 aliphatic rings. The molecule has 1 aromatic heterocycles. The third kappa shape index (κ3) is 3.78. The molecule has 8 nitrogen and oxygen atoms in total. The molecule has 0 fully saturated rings. The molecule has 0 saturated carbocycles. The van der Waals surface area contributed by atoms with Crippen molar-refractivity contribution >= 4 is 27.5 Å². The Morgan fingerprint density at radius 3 is 2.32 bits per heavy atom. The number of nitrogens with zero attached hydrogens (tertiary/aromatic N) is 3. The number of rotatable bonds is 5. The Hall–Kier alpha value is -3.33. The van der Waals surface area contributed by atoms with Gasteiger partial charge in [-0.2, -0.15) is 5.10 Å². The highest BCUT2D eigenvalue weighted by Crippen LogP contribution is 2.21. The first-order valence-electron chi connectivity index (χ1n) is 7.28. The van der Waals surface area contributed by atoms with Gasteiger partial charge in [0.1, 0.15) is 5.82 Å². The summed E-state index contributed by atoms with van der Waals surface area (Å²) >= 11 is 0. The van der Waals surface area contributed by atoms with Crippen LogP contribution in [0.15, 0.2) is 76.7 Å². The van der Waals surface area contributed by atoms with Crippen LogP contribution in [-0.2, 0) is 10.0 Å². The SMILES string of the molecule is NC(N)=Nc1ccc(S(=O)(=O)Nc2ccnn2-c2ccccc2)cc1. The summed E-state index contributed by atoms with van der Waals surface area (Å²) in [6.45, 7) is 0. The minimum atomic E-state index is -3.78. The topological polar surface area (TPSA) is 128 Å². The Labute approximate surface area is 144 Å². The normalized spacial score (nSPS) is 11.0. The zero-order chi connectivity index (χ0) is 17.9. The lowest BCUT2D eigenvalue weighted by Gasteiger charge is -2.10. The molecule has 9 heteroatoms. The van der Waals surface area contributed by atoms with Crippen molar-refractivity contribution in [2.45, 2.75) is 4.90 Å². The summed E-state index contributed by atoms with van der Waals surface area (Å²) < 4.78 is 29.2. The van der Waals surface area contributed by atoms with Gasteiger partial charge in [-0.15, -0.1) is 0 Å². The Bertz CT molecular complexity index is 991. The predicted molar refractivity (Wildman–Crippen MR) is 96.3 cm³/mol. The molecule has 5 N–H and O–H groups in total. The van der Waals surface area contributed by atoms with Gasteiger partial charge < -0.3 is 11.5 Å². The zero-order valence-corrected chi connectivity index (χ0v) is 13.9. The second kappa shape index (κ2) is 6.65. The van der Waals surface area contributed by atoms with Gasteiger partial charge >= 0.3 is 0 Å². The van der Waals surface area contributed by atoms with Crippen LogP contribution in [0.25, 0.3) is 5.69 Å². The molecule has 0 bridgehead atoms. The number of para-hydroxylation sites is 1. The smallest absolute Gasteiger partial charge is 0.263 e. The van der Waals surface area contributed by atoms with E-state index in [0.717, 1.165) is 5.69 Å². The number of aliphatic imine (C=N–C) groups is 1. The number of nitrogens with one attached hydrogen (secondary N) is 1. The molecule has 3 rings (SSSR count). The number of hydrogen-bond donors (Lipinski definition) is 3. The lowest BCUT2D eigenvalue weighted by molar-refractivity contribution is 0.600. The van der Waals surface area contributed by atoms with E-state index in [0.29, 0.717) is 11.5 Å². The molecule has 0 amide bonds. The summed E-state index contributed by atoms with van der Waals surface area (Å²) in [4.78, 5) is 3.94. The first kappa shape index (κ1) is 16.5. The van der Waals surface area contributed by atoms with Crippen molar-refractivity contribution in [1.29, 1.82) is 0 Å². The van der Waals surface area contributed by atoms with Gasteiger partial charge in [0.25, 0.3) is 10.0 Å². The fourth-order valence-electron chi connectivity index (χ4n) is 2.20.